The first kappa shape index (κ1) is 19.8. The number of benzene rings is 2. The second-order valence-electron chi connectivity index (χ2n) is 6.79. The van der Waals surface area contributed by atoms with Gasteiger partial charge >= 0.3 is 0 Å². The lowest BCUT2D eigenvalue weighted by molar-refractivity contribution is -0.125. The van der Waals surface area contributed by atoms with Crippen LogP contribution in [-0.2, 0) is 29.0 Å². The standard InChI is InChI=1S/C21H24FN3O3/c1-13(26)24-19(11-14-4-3-5-16(10-14)28-2)21(27)25-18-7-6-15-12-23-9-8-17(15)20(18)22/h3-7,10,19,23H,8-9,11-12H2,1-2H3,(H,24,26)(H,25,27). The normalized spacial score (nSPS) is 14.0. The Balaban J connectivity index is 1.79. The summed E-state index contributed by atoms with van der Waals surface area (Å²) in [5, 5.41) is 8.47. The molecule has 1 unspecified atom stereocenters. The highest BCUT2D eigenvalue weighted by molar-refractivity contribution is 5.97. The Labute approximate surface area is 163 Å². The molecule has 3 rings (SSSR count). The van der Waals surface area contributed by atoms with Crippen LogP contribution in [0.3, 0.4) is 0 Å². The fourth-order valence-electron chi connectivity index (χ4n) is 3.34. The van der Waals surface area contributed by atoms with Gasteiger partial charge in [-0.25, -0.2) is 4.39 Å². The van der Waals surface area contributed by atoms with E-state index in [2.05, 4.69) is 16.0 Å². The highest BCUT2D eigenvalue weighted by atomic mass is 19.1. The maximum atomic E-state index is 14.8. The Bertz CT molecular complexity index is 885. The molecule has 2 aromatic rings. The van der Waals surface area contributed by atoms with E-state index in [9.17, 15) is 14.0 Å². The number of nitrogens with one attached hydrogen (secondary N) is 3. The second-order valence-corrected chi connectivity index (χ2v) is 6.79. The summed E-state index contributed by atoms with van der Waals surface area (Å²) in [6.45, 7) is 2.66. The van der Waals surface area contributed by atoms with Crippen molar-refractivity contribution >= 4 is 17.5 Å². The van der Waals surface area contributed by atoms with Crippen LogP contribution >= 0.6 is 0 Å². The fourth-order valence-corrected chi connectivity index (χ4v) is 3.34. The van der Waals surface area contributed by atoms with Crippen molar-refractivity contribution in [1.82, 2.24) is 10.6 Å². The zero-order chi connectivity index (χ0) is 20.1. The van der Waals surface area contributed by atoms with Gasteiger partial charge < -0.3 is 20.7 Å². The molecule has 148 valence electrons. The molecule has 0 saturated heterocycles. The van der Waals surface area contributed by atoms with Gasteiger partial charge in [0.25, 0.3) is 0 Å². The molecule has 6 nitrogen and oxygen atoms in total. The lowest BCUT2D eigenvalue weighted by Gasteiger charge is -2.21. The molecular formula is C21H24FN3O3. The molecule has 0 saturated carbocycles. The number of hydrogen-bond acceptors (Lipinski definition) is 4. The van der Waals surface area contributed by atoms with E-state index in [1.54, 1.807) is 25.3 Å². The van der Waals surface area contributed by atoms with Crippen molar-refractivity contribution < 1.29 is 18.7 Å². The van der Waals surface area contributed by atoms with E-state index >= 15 is 0 Å². The monoisotopic (exact) mass is 385 g/mol. The number of carbonyl (C=O) groups excluding carboxylic acids is 2. The summed E-state index contributed by atoms with van der Waals surface area (Å²) in [4.78, 5) is 24.4. The molecule has 0 bridgehead atoms. The predicted molar refractivity (Wildman–Crippen MR) is 105 cm³/mol. The number of anilines is 1. The molecule has 1 aliphatic heterocycles. The van der Waals surface area contributed by atoms with Crippen LogP contribution in [0.15, 0.2) is 36.4 Å². The molecule has 1 heterocycles. The van der Waals surface area contributed by atoms with Crippen molar-refractivity contribution in [2.45, 2.75) is 32.4 Å². The van der Waals surface area contributed by atoms with E-state index in [0.29, 0.717) is 30.8 Å². The Morgan fingerprint density at radius 2 is 2.11 bits per heavy atom. The average Bonchev–Trinajstić information content (AvgIpc) is 2.69. The summed E-state index contributed by atoms with van der Waals surface area (Å²) >= 11 is 0. The number of rotatable bonds is 6. The van der Waals surface area contributed by atoms with Gasteiger partial charge in [0.05, 0.1) is 12.8 Å². The van der Waals surface area contributed by atoms with Gasteiger partial charge in [-0.1, -0.05) is 18.2 Å². The van der Waals surface area contributed by atoms with Crippen molar-refractivity contribution in [3.8, 4) is 5.75 Å². The highest BCUT2D eigenvalue weighted by Crippen LogP contribution is 2.25. The second kappa shape index (κ2) is 8.84. The van der Waals surface area contributed by atoms with E-state index in [1.165, 1.54) is 6.92 Å². The largest absolute Gasteiger partial charge is 0.497 e. The van der Waals surface area contributed by atoms with Crippen LogP contribution in [0.5, 0.6) is 5.75 Å². The van der Waals surface area contributed by atoms with E-state index in [4.69, 9.17) is 4.74 Å². The minimum atomic E-state index is -0.832. The number of ether oxygens (including phenoxy) is 1. The molecule has 1 atom stereocenters. The number of halogens is 1. The Morgan fingerprint density at radius 1 is 1.29 bits per heavy atom. The van der Waals surface area contributed by atoms with Gasteiger partial charge in [0.2, 0.25) is 11.8 Å². The maximum absolute atomic E-state index is 14.8. The quantitative estimate of drug-likeness (QED) is 0.712. The number of amides is 2. The zero-order valence-electron chi connectivity index (χ0n) is 16.0. The molecule has 0 fully saturated rings. The van der Waals surface area contributed by atoms with Crippen molar-refractivity contribution in [3.63, 3.8) is 0 Å². The summed E-state index contributed by atoms with van der Waals surface area (Å²) < 4.78 is 20.0. The van der Waals surface area contributed by atoms with Crippen molar-refractivity contribution in [3.05, 3.63) is 58.9 Å². The van der Waals surface area contributed by atoms with Gasteiger partial charge in [-0.2, -0.15) is 0 Å². The Kier molecular flexibility index (Phi) is 6.26. The first-order chi connectivity index (χ1) is 13.5. The number of fused-ring (bicyclic) bond motifs is 1. The SMILES string of the molecule is COc1cccc(CC(NC(C)=O)C(=O)Nc2ccc3c(c2F)CCNC3)c1. The summed E-state index contributed by atoms with van der Waals surface area (Å²) in [6.07, 6.45) is 0.836. The molecule has 7 heteroatoms. The Morgan fingerprint density at radius 3 is 2.86 bits per heavy atom. The van der Waals surface area contributed by atoms with Crippen LogP contribution in [0.1, 0.15) is 23.6 Å². The molecule has 2 amide bonds. The van der Waals surface area contributed by atoms with Gasteiger partial charge in [0, 0.05) is 19.9 Å². The third-order valence-electron chi connectivity index (χ3n) is 4.73. The number of methoxy groups -OCH3 is 1. The van der Waals surface area contributed by atoms with Crippen LogP contribution in [0.2, 0.25) is 0 Å². The molecule has 1 aliphatic rings. The van der Waals surface area contributed by atoms with Crippen molar-refractivity contribution in [2.75, 3.05) is 19.0 Å². The van der Waals surface area contributed by atoms with Crippen LogP contribution in [-0.4, -0.2) is 31.5 Å². The van der Waals surface area contributed by atoms with Crippen LogP contribution in [0.25, 0.3) is 0 Å². The molecule has 0 radical (unpaired) electrons. The summed E-state index contributed by atoms with van der Waals surface area (Å²) in [5.74, 6) is -0.546. The number of carbonyl (C=O) groups is 2. The smallest absolute Gasteiger partial charge is 0.247 e. The minimum absolute atomic E-state index is 0.131. The van der Waals surface area contributed by atoms with E-state index in [1.807, 2.05) is 18.2 Å². The molecule has 0 aliphatic carbocycles. The molecule has 3 N–H and O–H groups in total. The van der Waals surface area contributed by atoms with E-state index < -0.39 is 17.8 Å². The summed E-state index contributed by atoms with van der Waals surface area (Å²) in [5.41, 5.74) is 2.48. The van der Waals surface area contributed by atoms with Gasteiger partial charge in [-0.3, -0.25) is 9.59 Å². The molecule has 28 heavy (non-hydrogen) atoms. The van der Waals surface area contributed by atoms with E-state index in [0.717, 1.165) is 11.1 Å². The zero-order valence-corrected chi connectivity index (χ0v) is 16.0. The third kappa shape index (κ3) is 4.67. The maximum Gasteiger partial charge on any atom is 0.247 e. The van der Waals surface area contributed by atoms with E-state index in [-0.39, 0.29) is 18.0 Å². The highest BCUT2D eigenvalue weighted by Gasteiger charge is 2.23. The van der Waals surface area contributed by atoms with Crippen LogP contribution in [0, 0.1) is 5.82 Å². The molecule has 2 aromatic carbocycles. The summed E-state index contributed by atoms with van der Waals surface area (Å²) in [7, 11) is 1.56. The molecule has 0 aromatic heterocycles. The number of hydrogen-bond donors (Lipinski definition) is 3. The van der Waals surface area contributed by atoms with Crippen molar-refractivity contribution in [1.29, 1.82) is 0 Å². The Hall–Kier alpha value is -2.93. The van der Waals surface area contributed by atoms with Crippen LogP contribution in [0.4, 0.5) is 10.1 Å². The molecular weight excluding hydrogens is 361 g/mol. The first-order valence-corrected chi connectivity index (χ1v) is 9.20. The lowest BCUT2D eigenvalue weighted by Crippen LogP contribution is -2.44. The first-order valence-electron chi connectivity index (χ1n) is 9.20. The fraction of sp³-hybridized carbons (Fsp3) is 0.333. The van der Waals surface area contributed by atoms with Gasteiger partial charge in [-0.15, -0.1) is 0 Å². The topological polar surface area (TPSA) is 79.5 Å². The predicted octanol–water partition coefficient (Wildman–Crippen LogP) is 2.17. The lowest BCUT2D eigenvalue weighted by atomic mass is 9.99. The van der Waals surface area contributed by atoms with Gasteiger partial charge in [-0.05, 0) is 47.9 Å². The van der Waals surface area contributed by atoms with Gasteiger partial charge in [0.15, 0.2) is 0 Å². The average molecular weight is 385 g/mol. The summed E-state index contributed by atoms with van der Waals surface area (Å²) in [6, 6.07) is 9.81. The van der Waals surface area contributed by atoms with Gasteiger partial charge in [0.1, 0.15) is 17.6 Å². The van der Waals surface area contributed by atoms with Crippen molar-refractivity contribution in [2.24, 2.45) is 0 Å². The minimum Gasteiger partial charge on any atom is -0.497 e. The third-order valence-corrected chi connectivity index (χ3v) is 4.73. The van der Waals surface area contributed by atoms with Crippen LogP contribution < -0.4 is 20.7 Å². The molecule has 0 spiro atoms.